The first-order valence-electron chi connectivity index (χ1n) is 6.93. The molecule has 0 saturated heterocycles. The molecule has 1 aliphatic heterocycles. The maximum absolute atomic E-state index is 3.90. The van der Waals surface area contributed by atoms with Crippen LogP contribution in [0.15, 0.2) is 55.1 Å². The minimum Gasteiger partial charge on any atom is -0.288 e. The van der Waals surface area contributed by atoms with Gasteiger partial charge in [-0.25, -0.2) is 0 Å². The Labute approximate surface area is 114 Å². The molecule has 1 nitrogen and oxygen atoms in total. The minimum atomic E-state index is 0.541. The van der Waals surface area contributed by atoms with E-state index in [9.17, 15) is 0 Å². The van der Waals surface area contributed by atoms with E-state index in [0.717, 1.165) is 19.5 Å². The molecule has 0 bridgehead atoms. The highest BCUT2D eigenvalue weighted by atomic mass is 15.2. The van der Waals surface area contributed by atoms with E-state index in [1.165, 1.54) is 22.3 Å². The molecule has 94 valence electrons. The zero-order chi connectivity index (χ0) is 12.8. The van der Waals surface area contributed by atoms with Gasteiger partial charge in [0.25, 0.3) is 0 Å². The topological polar surface area (TPSA) is 3.24 Å². The Morgan fingerprint density at radius 3 is 2.74 bits per heavy atom. The second-order valence-electron chi connectivity index (χ2n) is 5.47. The van der Waals surface area contributed by atoms with Crippen LogP contribution in [0, 0.1) is 0 Å². The van der Waals surface area contributed by atoms with Crippen molar-refractivity contribution in [2.24, 2.45) is 0 Å². The molecule has 1 atom stereocenters. The van der Waals surface area contributed by atoms with Crippen molar-refractivity contribution in [2.75, 3.05) is 6.54 Å². The second-order valence-corrected chi connectivity index (χ2v) is 5.47. The molecule has 1 heterocycles. The van der Waals surface area contributed by atoms with E-state index in [1.807, 2.05) is 6.08 Å². The van der Waals surface area contributed by atoms with Crippen LogP contribution < -0.4 is 0 Å². The van der Waals surface area contributed by atoms with Gasteiger partial charge in [0.05, 0.1) is 0 Å². The highest BCUT2D eigenvalue weighted by molar-refractivity contribution is 5.75. The first-order valence-corrected chi connectivity index (χ1v) is 6.93. The van der Waals surface area contributed by atoms with Crippen LogP contribution in [0.4, 0.5) is 0 Å². The lowest BCUT2D eigenvalue weighted by atomic mass is 9.82. The van der Waals surface area contributed by atoms with Gasteiger partial charge in [0.15, 0.2) is 0 Å². The molecule has 19 heavy (non-hydrogen) atoms. The Bertz CT molecular complexity index is 656. The molecule has 0 saturated carbocycles. The van der Waals surface area contributed by atoms with Gasteiger partial charge in [-0.15, -0.1) is 6.58 Å². The molecule has 0 amide bonds. The van der Waals surface area contributed by atoms with E-state index in [4.69, 9.17) is 0 Å². The Balaban J connectivity index is 1.92. The van der Waals surface area contributed by atoms with Gasteiger partial charge in [-0.3, -0.25) is 4.90 Å². The zero-order valence-corrected chi connectivity index (χ0v) is 11.0. The molecular weight excluding hydrogens is 230 g/mol. The van der Waals surface area contributed by atoms with Crippen LogP contribution >= 0.6 is 0 Å². The molecule has 1 heteroatoms. The van der Waals surface area contributed by atoms with Crippen LogP contribution in [0.25, 0.3) is 11.1 Å². The summed E-state index contributed by atoms with van der Waals surface area (Å²) in [7, 11) is 0. The summed E-state index contributed by atoms with van der Waals surface area (Å²) < 4.78 is 0. The van der Waals surface area contributed by atoms with E-state index in [-0.39, 0.29) is 0 Å². The monoisotopic (exact) mass is 247 g/mol. The summed E-state index contributed by atoms with van der Waals surface area (Å²) in [5.41, 5.74) is 7.40. The lowest BCUT2D eigenvalue weighted by Gasteiger charge is -2.30. The SMILES string of the molecule is C=CCN1Cc2cccc3c2C1Cc1ccccc1-3. The average Bonchev–Trinajstić information content (AvgIpc) is 2.79. The molecule has 1 unspecified atom stereocenters. The van der Waals surface area contributed by atoms with Gasteiger partial charge in [0.2, 0.25) is 0 Å². The second kappa shape index (κ2) is 4.07. The Morgan fingerprint density at radius 1 is 1.05 bits per heavy atom. The Kier molecular flexibility index (Phi) is 2.36. The van der Waals surface area contributed by atoms with Crippen molar-refractivity contribution in [3.63, 3.8) is 0 Å². The van der Waals surface area contributed by atoms with Crippen LogP contribution in [-0.4, -0.2) is 11.4 Å². The predicted octanol–water partition coefficient (Wildman–Crippen LogP) is 3.95. The van der Waals surface area contributed by atoms with Crippen LogP contribution in [-0.2, 0) is 13.0 Å². The van der Waals surface area contributed by atoms with E-state index in [2.05, 4.69) is 53.9 Å². The quantitative estimate of drug-likeness (QED) is 0.726. The fourth-order valence-corrected chi connectivity index (χ4v) is 3.65. The number of rotatable bonds is 2. The van der Waals surface area contributed by atoms with E-state index >= 15 is 0 Å². The molecule has 2 aromatic carbocycles. The zero-order valence-electron chi connectivity index (χ0n) is 11.0. The van der Waals surface area contributed by atoms with Gasteiger partial charge >= 0.3 is 0 Å². The fraction of sp³-hybridized carbons (Fsp3) is 0.222. The number of hydrogen-bond acceptors (Lipinski definition) is 1. The Hall–Kier alpha value is -1.86. The third kappa shape index (κ3) is 1.52. The maximum Gasteiger partial charge on any atom is 0.0404 e. The fourth-order valence-electron chi connectivity index (χ4n) is 3.65. The summed E-state index contributed by atoms with van der Waals surface area (Å²) in [6.07, 6.45) is 3.15. The summed E-state index contributed by atoms with van der Waals surface area (Å²) in [6.45, 7) is 5.94. The van der Waals surface area contributed by atoms with Crippen LogP contribution in [0.1, 0.15) is 22.7 Å². The molecule has 0 aromatic heterocycles. The first kappa shape index (κ1) is 11.0. The minimum absolute atomic E-state index is 0.541. The van der Waals surface area contributed by atoms with Gasteiger partial charge < -0.3 is 0 Å². The predicted molar refractivity (Wildman–Crippen MR) is 78.9 cm³/mol. The van der Waals surface area contributed by atoms with Crippen molar-refractivity contribution in [3.05, 3.63) is 71.8 Å². The lowest BCUT2D eigenvalue weighted by molar-refractivity contribution is 0.238. The highest BCUT2D eigenvalue weighted by Gasteiger charge is 2.35. The van der Waals surface area contributed by atoms with Crippen molar-refractivity contribution < 1.29 is 0 Å². The molecule has 4 rings (SSSR count). The molecule has 0 fully saturated rings. The van der Waals surface area contributed by atoms with Crippen LogP contribution in [0.5, 0.6) is 0 Å². The molecule has 2 aliphatic rings. The lowest BCUT2D eigenvalue weighted by Crippen LogP contribution is -2.25. The van der Waals surface area contributed by atoms with Gasteiger partial charge in [0.1, 0.15) is 0 Å². The summed E-state index contributed by atoms with van der Waals surface area (Å²) in [4.78, 5) is 2.54. The van der Waals surface area contributed by atoms with Crippen LogP contribution in [0.2, 0.25) is 0 Å². The molecule has 1 aliphatic carbocycles. The number of hydrogen-bond donors (Lipinski definition) is 0. The van der Waals surface area contributed by atoms with Crippen LogP contribution in [0.3, 0.4) is 0 Å². The third-order valence-electron chi connectivity index (χ3n) is 4.43. The largest absolute Gasteiger partial charge is 0.288 e. The first-order chi connectivity index (χ1) is 9.38. The van der Waals surface area contributed by atoms with E-state index in [0.29, 0.717) is 6.04 Å². The van der Waals surface area contributed by atoms with Crippen molar-refractivity contribution in [1.82, 2.24) is 4.90 Å². The Morgan fingerprint density at radius 2 is 1.84 bits per heavy atom. The summed E-state index contributed by atoms with van der Waals surface area (Å²) in [6, 6.07) is 16.1. The van der Waals surface area contributed by atoms with Crippen molar-refractivity contribution in [2.45, 2.75) is 19.0 Å². The summed E-state index contributed by atoms with van der Waals surface area (Å²) in [5, 5.41) is 0. The number of fused-ring (bicyclic) bond motifs is 2. The smallest absolute Gasteiger partial charge is 0.0404 e. The normalized spacial score (nSPS) is 19.9. The maximum atomic E-state index is 3.90. The summed E-state index contributed by atoms with van der Waals surface area (Å²) >= 11 is 0. The molecule has 0 radical (unpaired) electrons. The van der Waals surface area contributed by atoms with E-state index < -0.39 is 0 Å². The summed E-state index contributed by atoms with van der Waals surface area (Å²) in [5.74, 6) is 0. The van der Waals surface area contributed by atoms with Gasteiger partial charge in [-0.1, -0.05) is 48.5 Å². The number of benzene rings is 2. The molecule has 0 spiro atoms. The van der Waals surface area contributed by atoms with Gasteiger partial charge in [-0.2, -0.15) is 0 Å². The molecular formula is C18H17N. The average molecular weight is 247 g/mol. The molecule has 0 N–H and O–H groups in total. The number of nitrogens with zero attached hydrogens (tertiary/aromatic N) is 1. The van der Waals surface area contributed by atoms with Crippen molar-refractivity contribution in [3.8, 4) is 11.1 Å². The van der Waals surface area contributed by atoms with Gasteiger partial charge in [-0.05, 0) is 34.2 Å². The highest BCUT2D eigenvalue weighted by Crippen LogP contribution is 2.46. The van der Waals surface area contributed by atoms with Crippen molar-refractivity contribution >= 4 is 0 Å². The molecule has 2 aromatic rings. The third-order valence-corrected chi connectivity index (χ3v) is 4.43. The van der Waals surface area contributed by atoms with E-state index in [1.54, 1.807) is 5.56 Å². The standard InChI is InChI=1S/C18H17N/c1-2-10-19-12-14-7-5-9-16-15-8-4-3-6-13(15)11-17(19)18(14)16/h2-9,17H,1,10-12H2. The van der Waals surface area contributed by atoms with Crippen molar-refractivity contribution in [1.29, 1.82) is 0 Å². The van der Waals surface area contributed by atoms with Gasteiger partial charge in [0, 0.05) is 19.1 Å².